The van der Waals surface area contributed by atoms with E-state index in [9.17, 15) is 18.0 Å². The third kappa shape index (κ3) is 5.50. The molecule has 0 aliphatic carbocycles. The third-order valence-electron chi connectivity index (χ3n) is 3.40. The van der Waals surface area contributed by atoms with Gasteiger partial charge in [0.1, 0.15) is 0 Å². The lowest BCUT2D eigenvalue weighted by molar-refractivity contribution is -0.137. The van der Waals surface area contributed by atoms with E-state index in [0.29, 0.717) is 18.7 Å². The molecule has 0 bridgehead atoms. The van der Waals surface area contributed by atoms with Crippen LogP contribution in [0.4, 0.5) is 13.2 Å². The lowest BCUT2D eigenvalue weighted by Crippen LogP contribution is -2.40. The van der Waals surface area contributed by atoms with Crippen LogP contribution in [0.25, 0.3) is 0 Å². The third-order valence-corrected chi connectivity index (χ3v) is 3.40. The molecule has 7 heteroatoms. The smallest absolute Gasteiger partial charge is 0.355 e. The normalized spacial score (nSPS) is 11.7. The van der Waals surface area contributed by atoms with Gasteiger partial charge in [0.15, 0.2) is 0 Å². The fourth-order valence-corrected chi connectivity index (χ4v) is 1.91. The monoisotopic (exact) mass is 338 g/mol. The molecule has 0 heterocycles. The number of rotatable bonds is 6. The van der Waals surface area contributed by atoms with Crippen LogP contribution in [-0.2, 0) is 16.4 Å². The van der Waals surface area contributed by atoms with Crippen LogP contribution < -0.4 is 11.1 Å². The van der Waals surface area contributed by atoms with Crippen LogP contribution in [0.2, 0.25) is 0 Å². The van der Waals surface area contributed by atoms with E-state index in [-0.39, 0.29) is 18.3 Å². The Morgan fingerprint density at radius 1 is 1.18 bits per heavy atom. The van der Waals surface area contributed by atoms with Crippen molar-refractivity contribution in [3.63, 3.8) is 0 Å². The highest BCUT2D eigenvalue weighted by Crippen LogP contribution is 2.32. The molecule has 22 heavy (non-hydrogen) atoms. The zero-order valence-corrected chi connectivity index (χ0v) is 13.5. The summed E-state index contributed by atoms with van der Waals surface area (Å²) < 4.78 is 38.2. The van der Waals surface area contributed by atoms with Gasteiger partial charge >= 0.3 is 6.18 Å². The van der Waals surface area contributed by atoms with Crippen LogP contribution in [-0.4, -0.2) is 19.0 Å². The summed E-state index contributed by atoms with van der Waals surface area (Å²) in [6.45, 7) is 4.24. The van der Waals surface area contributed by atoms with Gasteiger partial charge in [0.25, 0.3) is 0 Å². The van der Waals surface area contributed by atoms with E-state index in [2.05, 4.69) is 5.32 Å². The molecule has 0 aliphatic heterocycles. The van der Waals surface area contributed by atoms with E-state index < -0.39 is 17.2 Å². The average Bonchev–Trinajstić information content (AvgIpc) is 2.42. The summed E-state index contributed by atoms with van der Waals surface area (Å²) >= 11 is 0. The maximum atomic E-state index is 12.7. The summed E-state index contributed by atoms with van der Waals surface area (Å²) in [7, 11) is 0. The zero-order valence-electron chi connectivity index (χ0n) is 12.7. The van der Waals surface area contributed by atoms with Crippen molar-refractivity contribution in [2.45, 2.75) is 38.3 Å². The molecule has 1 rings (SSSR count). The van der Waals surface area contributed by atoms with Gasteiger partial charge in [-0.1, -0.05) is 18.2 Å². The average molecular weight is 339 g/mol. The van der Waals surface area contributed by atoms with Crippen molar-refractivity contribution in [3.05, 3.63) is 35.4 Å². The molecule has 1 aromatic rings. The van der Waals surface area contributed by atoms with Gasteiger partial charge in [-0.15, -0.1) is 12.4 Å². The van der Waals surface area contributed by atoms with Crippen molar-refractivity contribution in [3.8, 4) is 0 Å². The molecule has 126 valence electrons. The van der Waals surface area contributed by atoms with Crippen LogP contribution in [0.1, 0.15) is 37.8 Å². The van der Waals surface area contributed by atoms with E-state index in [1.807, 2.05) is 0 Å². The molecule has 0 radical (unpaired) electrons. The number of nitrogens with one attached hydrogen (secondary N) is 1. The molecule has 0 fully saturated rings. The van der Waals surface area contributed by atoms with Gasteiger partial charge < -0.3 is 11.1 Å². The number of carbonyl (C=O) groups is 1. The Morgan fingerprint density at radius 2 is 1.77 bits per heavy atom. The van der Waals surface area contributed by atoms with Crippen molar-refractivity contribution < 1.29 is 18.0 Å². The molecule has 0 aliphatic rings. The minimum absolute atomic E-state index is 0. The molecule has 0 spiro atoms. The Hall–Kier alpha value is -1.27. The number of carbonyl (C=O) groups excluding carboxylic acids is 1. The van der Waals surface area contributed by atoms with E-state index in [4.69, 9.17) is 5.73 Å². The minimum atomic E-state index is -4.41. The van der Waals surface area contributed by atoms with Crippen LogP contribution >= 0.6 is 12.4 Å². The fourth-order valence-electron chi connectivity index (χ4n) is 1.91. The van der Waals surface area contributed by atoms with E-state index in [1.54, 1.807) is 13.8 Å². The number of unbranched alkanes of at least 4 members (excludes halogenated alkanes) is 1. The molecule has 0 unspecified atom stereocenters. The van der Waals surface area contributed by atoms with Crippen molar-refractivity contribution in [2.75, 3.05) is 13.1 Å². The van der Waals surface area contributed by atoms with Gasteiger partial charge in [-0.3, -0.25) is 4.79 Å². The molecular formula is C15H22ClF3N2O. The topological polar surface area (TPSA) is 55.1 Å². The molecule has 3 N–H and O–H groups in total. The van der Waals surface area contributed by atoms with Gasteiger partial charge in [0, 0.05) is 6.54 Å². The highest BCUT2D eigenvalue weighted by atomic mass is 35.5. The summed E-state index contributed by atoms with van der Waals surface area (Å²) in [6.07, 6.45) is -2.87. The molecule has 1 amide bonds. The van der Waals surface area contributed by atoms with Crippen LogP contribution in [0.3, 0.4) is 0 Å². The molecule has 0 saturated carbocycles. The first-order valence-electron chi connectivity index (χ1n) is 6.85. The first-order chi connectivity index (χ1) is 9.69. The highest BCUT2D eigenvalue weighted by molar-refractivity contribution is 5.87. The second kappa shape index (κ2) is 8.39. The standard InChI is InChI=1S/C15H21F3N2O.ClH/c1-14(2,13(21)20-9-4-3-8-19)11-6-5-7-12(10-11)15(16,17)18;/h5-7,10H,3-4,8-9,19H2,1-2H3,(H,20,21);1H. The second-order valence-corrected chi connectivity index (χ2v) is 5.46. The van der Waals surface area contributed by atoms with Crippen molar-refractivity contribution in [2.24, 2.45) is 5.73 Å². The van der Waals surface area contributed by atoms with Gasteiger partial charge in [-0.05, 0) is 44.9 Å². The van der Waals surface area contributed by atoms with E-state index >= 15 is 0 Å². The quantitative estimate of drug-likeness (QED) is 0.782. The lowest BCUT2D eigenvalue weighted by atomic mass is 9.83. The molecule has 0 saturated heterocycles. The van der Waals surface area contributed by atoms with Gasteiger partial charge in [0.2, 0.25) is 5.91 Å². The first kappa shape index (κ1) is 20.7. The Morgan fingerprint density at radius 3 is 2.32 bits per heavy atom. The first-order valence-corrected chi connectivity index (χ1v) is 6.85. The molecule has 1 aromatic carbocycles. The Bertz CT molecular complexity index is 490. The summed E-state index contributed by atoms with van der Waals surface area (Å²) in [5.74, 6) is -0.293. The minimum Gasteiger partial charge on any atom is -0.355 e. The number of hydrogen-bond acceptors (Lipinski definition) is 2. The number of nitrogens with two attached hydrogens (primary N) is 1. The summed E-state index contributed by atoms with van der Waals surface area (Å²) in [5, 5.41) is 2.74. The van der Waals surface area contributed by atoms with Crippen molar-refractivity contribution in [1.82, 2.24) is 5.32 Å². The molecule has 3 nitrogen and oxygen atoms in total. The number of halogens is 4. The molecule has 0 aromatic heterocycles. The fraction of sp³-hybridized carbons (Fsp3) is 0.533. The van der Waals surface area contributed by atoms with Gasteiger partial charge in [-0.25, -0.2) is 0 Å². The Kier molecular flexibility index (Phi) is 7.90. The maximum absolute atomic E-state index is 12.7. The number of benzene rings is 1. The predicted molar refractivity (Wildman–Crippen MR) is 83.0 cm³/mol. The van der Waals surface area contributed by atoms with Gasteiger partial charge in [-0.2, -0.15) is 13.2 Å². The van der Waals surface area contributed by atoms with E-state index in [1.165, 1.54) is 12.1 Å². The van der Waals surface area contributed by atoms with Crippen LogP contribution in [0.15, 0.2) is 24.3 Å². The second-order valence-electron chi connectivity index (χ2n) is 5.46. The Labute approximate surface area is 134 Å². The summed E-state index contributed by atoms with van der Waals surface area (Å²) in [4.78, 5) is 12.2. The van der Waals surface area contributed by atoms with E-state index in [0.717, 1.165) is 25.0 Å². The SMILES string of the molecule is CC(C)(C(=O)NCCCCN)c1cccc(C(F)(F)F)c1.Cl. The lowest BCUT2D eigenvalue weighted by Gasteiger charge is -2.25. The zero-order chi connectivity index (χ0) is 16.1. The molecule has 0 atom stereocenters. The number of amides is 1. The largest absolute Gasteiger partial charge is 0.416 e. The predicted octanol–water partition coefficient (Wildman–Crippen LogP) is 3.26. The van der Waals surface area contributed by atoms with Gasteiger partial charge in [0.05, 0.1) is 11.0 Å². The highest BCUT2D eigenvalue weighted by Gasteiger charge is 2.34. The number of hydrogen-bond donors (Lipinski definition) is 2. The Balaban J connectivity index is 0.00000441. The van der Waals surface area contributed by atoms with Crippen molar-refractivity contribution >= 4 is 18.3 Å². The molecular weight excluding hydrogens is 317 g/mol. The number of alkyl halides is 3. The van der Waals surface area contributed by atoms with Crippen LogP contribution in [0.5, 0.6) is 0 Å². The van der Waals surface area contributed by atoms with Crippen molar-refractivity contribution in [1.29, 1.82) is 0 Å². The summed E-state index contributed by atoms with van der Waals surface area (Å²) in [5.41, 5.74) is 3.93. The van der Waals surface area contributed by atoms with Crippen LogP contribution in [0, 0.1) is 0 Å². The summed E-state index contributed by atoms with van der Waals surface area (Å²) in [6, 6.07) is 4.88. The maximum Gasteiger partial charge on any atom is 0.416 e.